The van der Waals surface area contributed by atoms with Gasteiger partial charge in [0.15, 0.2) is 0 Å². The molecule has 5 unspecified atom stereocenters. The van der Waals surface area contributed by atoms with Gasteiger partial charge in [0.1, 0.15) is 0 Å². The van der Waals surface area contributed by atoms with E-state index >= 15 is 0 Å². The lowest BCUT2D eigenvalue weighted by molar-refractivity contribution is -0.142. The second-order valence-electron chi connectivity index (χ2n) is 7.88. The third-order valence-corrected chi connectivity index (χ3v) is 5.94. The van der Waals surface area contributed by atoms with Crippen LogP contribution in [0.25, 0.3) is 0 Å². The van der Waals surface area contributed by atoms with Crippen LogP contribution in [0.15, 0.2) is 0 Å². The summed E-state index contributed by atoms with van der Waals surface area (Å²) in [5.74, 6) is 0.0428. The third kappa shape index (κ3) is 2.20. The molecule has 3 aliphatic rings. The van der Waals surface area contributed by atoms with Crippen molar-refractivity contribution >= 4 is 5.97 Å². The average Bonchev–Trinajstić information content (AvgIpc) is 2.85. The molecule has 0 aromatic carbocycles. The molecule has 5 atom stereocenters. The Hall–Kier alpha value is -0.570. The Kier molecular flexibility index (Phi) is 3.16. The van der Waals surface area contributed by atoms with Crippen molar-refractivity contribution in [2.45, 2.75) is 77.4 Å². The molecule has 0 spiro atoms. The second-order valence-corrected chi connectivity index (χ2v) is 7.88. The molecule has 0 amide bonds. The molecule has 3 nitrogen and oxygen atoms in total. The van der Waals surface area contributed by atoms with Crippen molar-refractivity contribution in [3.05, 3.63) is 0 Å². The number of aliphatic carboxylic acids is 1. The Morgan fingerprint density at radius 3 is 2.53 bits per heavy atom. The van der Waals surface area contributed by atoms with E-state index in [1.54, 1.807) is 0 Å². The van der Waals surface area contributed by atoms with Gasteiger partial charge in [-0.1, -0.05) is 20.8 Å². The lowest BCUT2D eigenvalue weighted by Crippen LogP contribution is -2.48. The van der Waals surface area contributed by atoms with Gasteiger partial charge in [-0.2, -0.15) is 0 Å². The molecule has 3 rings (SSSR count). The highest BCUT2D eigenvalue weighted by molar-refractivity contribution is 5.71. The van der Waals surface area contributed by atoms with Crippen LogP contribution in [0.5, 0.6) is 0 Å². The molecule has 108 valence electrons. The van der Waals surface area contributed by atoms with Gasteiger partial charge in [-0.3, -0.25) is 9.69 Å². The van der Waals surface area contributed by atoms with Crippen LogP contribution < -0.4 is 0 Å². The van der Waals surface area contributed by atoms with Crippen molar-refractivity contribution in [3.8, 4) is 0 Å². The smallest absolute Gasteiger partial charge is 0.308 e. The van der Waals surface area contributed by atoms with E-state index in [4.69, 9.17) is 0 Å². The zero-order chi connectivity index (χ0) is 13.8. The third-order valence-electron chi connectivity index (χ3n) is 5.94. The van der Waals surface area contributed by atoms with Gasteiger partial charge in [0.05, 0.1) is 5.92 Å². The van der Waals surface area contributed by atoms with Gasteiger partial charge < -0.3 is 5.11 Å². The fourth-order valence-corrected chi connectivity index (χ4v) is 5.19. The molecule has 3 fully saturated rings. The monoisotopic (exact) mass is 265 g/mol. The Morgan fingerprint density at radius 2 is 1.95 bits per heavy atom. The minimum atomic E-state index is -0.569. The molecule has 1 saturated carbocycles. The Morgan fingerprint density at radius 1 is 1.21 bits per heavy atom. The number of carbonyl (C=O) groups is 1. The maximum atomic E-state index is 11.4. The first-order valence-corrected chi connectivity index (χ1v) is 7.89. The van der Waals surface area contributed by atoms with Crippen molar-refractivity contribution in [3.63, 3.8) is 0 Å². The van der Waals surface area contributed by atoms with Crippen molar-refractivity contribution in [1.82, 2.24) is 4.90 Å². The maximum Gasteiger partial charge on any atom is 0.308 e. The lowest BCUT2D eigenvalue weighted by Gasteiger charge is -2.45. The van der Waals surface area contributed by atoms with E-state index in [-0.39, 0.29) is 5.92 Å². The number of hydrogen-bond donors (Lipinski definition) is 1. The quantitative estimate of drug-likeness (QED) is 0.834. The SMILES string of the molecule is CC1CC(C)(C)CCC1N1C2CCC1C(C(=O)O)C2. The van der Waals surface area contributed by atoms with E-state index < -0.39 is 5.97 Å². The highest BCUT2D eigenvalue weighted by atomic mass is 16.4. The predicted octanol–water partition coefficient (Wildman–Crippen LogP) is 3.14. The van der Waals surface area contributed by atoms with Gasteiger partial charge in [-0.15, -0.1) is 0 Å². The van der Waals surface area contributed by atoms with Gasteiger partial charge in [0, 0.05) is 18.1 Å². The second kappa shape index (κ2) is 4.47. The standard InChI is InChI=1S/C16H27NO2/c1-10-9-16(2,3)7-6-13(10)17-11-4-5-14(17)12(8-11)15(18)19/h10-14H,4-9H2,1-3H3,(H,18,19). The van der Waals surface area contributed by atoms with E-state index in [0.29, 0.717) is 29.5 Å². The van der Waals surface area contributed by atoms with Gasteiger partial charge in [-0.25, -0.2) is 0 Å². The summed E-state index contributed by atoms with van der Waals surface area (Å²) >= 11 is 0. The number of carboxylic acids is 1. The van der Waals surface area contributed by atoms with Crippen LogP contribution in [0.1, 0.15) is 59.3 Å². The van der Waals surface area contributed by atoms with Gasteiger partial charge in [0.2, 0.25) is 0 Å². The Labute approximate surface area is 116 Å². The predicted molar refractivity (Wildman–Crippen MR) is 75.0 cm³/mol. The normalized spacial score (nSPS) is 45.5. The highest BCUT2D eigenvalue weighted by Crippen LogP contribution is 2.49. The number of carboxylic acid groups (broad SMARTS) is 1. The van der Waals surface area contributed by atoms with Crippen LogP contribution in [-0.4, -0.2) is 34.1 Å². The molecule has 19 heavy (non-hydrogen) atoms. The summed E-state index contributed by atoms with van der Waals surface area (Å²) in [6.45, 7) is 7.12. The largest absolute Gasteiger partial charge is 0.481 e. The Bertz CT molecular complexity index is 379. The molecule has 0 aromatic heterocycles. The highest BCUT2D eigenvalue weighted by Gasteiger charge is 2.53. The van der Waals surface area contributed by atoms with Crippen LogP contribution >= 0.6 is 0 Å². The first-order valence-electron chi connectivity index (χ1n) is 7.89. The average molecular weight is 265 g/mol. The fraction of sp³-hybridized carbons (Fsp3) is 0.938. The summed E-state index contributed by atoms with van der Waals surface area (Å²) < 4.78 is 0. The van der Waals surface area contributed by atoms with Gasteiger partial charge >= 0.3 is 5.97 Å². The molecular weight excluding hydrogens is 238 g/mol. The molecule has 1 N–H and O–H groups in total. The number of fused-ring (bicyclic) bond motifs is 2. The molecule has 0 radical (unpaired) electrons. The van der Waals surface area contributed by atoms with Gasteiger partial charge in [-0.05, 0) is 49.9 Å². The van der Waals surface area contributed by atoms with Crippen LogP contribution in [-0.2, 0) is 4.79 Å². The zero-order valence-corrected chi connectivity index (χ0v) is 12.4. The van der Waals surface area contributed by atoms with E-state index in [2.05, 4.69) is 25.7 Å². The lowest BCUT2D eigenvalue weighted by atomic mass is 9.70. The minimum Gasteiger partial charge on any atom is -0.481 e. The molecule has 2 aliphatic heterocycles. The van der Waals surface area contributed by atoms with E-state index in [0.717, 1.165) is 12.8 Å². The van der Waals surface area contributed by atoms with Crippen molar-refractivity contribution in [2.75, 3.05) is 0 Å². The van der Waals surface area contributed by atoms with Crippen molar-refractivity contribution in [1.29, 1.82) is 0 Å². The molecule has 1 aliphatic carbocycles. The Balaban J connectivity index is 1.75. The fourth-order valence-electron chi connectivity index (χ4n) is 5.19. The number of nitrogens with zero attached hydrogens (tertiary/aromatic N) is 1. The minimum absolute atomic E-state index is 0.0964. The summed E-state index contributed by atoms with van der Waals surface area (Å²) in [4.78, 5) is 14.0. The first-order chi connectivity index (χ1) is 8.89. The summed E-state index contributed by atoms with van der Waals surface area (Å²) in [6, 6.07) is 1.52. The zero-order valence-electron chi connectivity index (χ0n) is 12.4. The van der Waals surface area contributed by atoms with E-state index in [9.17, 15) is 9.90 Å². The molecule has 3 heteroatoms. The van der Waals surface area contributed by atoms with E-state index in [1.165, 1.54) is 25.7 Å². The molecule has 0 aromatic rings. The topological polar surface area (TPSA) is 40.5 Å². The molecule has 2 heterocycles. The molecular formula is C16H27NO2. The summed E-state index contributed by atoms with van der Waals surface area (Å²) in [7, 11) is 0. The van der Waals surface area contributed by atoms with Crippen molar-refractivity contribution < 1.29 is 9.90 Å². The molecule has 2 bridgehead atoms. The van der Waals surface area contributed by atoms with Crippen LogP contribution in [0.3, 0.4) is 0 Å². The number of rotatable bonds is 2. The summed E-state index contributed by atoms with van der Waals surface area (Å²) in [5.41, 5.74) is 0.473. The van der Waals surface area contributed by atoms with Crippen LogP contribution in [0, 0.1) is 17.3 Å². The summed E-state index contributed by atoms with van der Waals surface area (Å²) in [6.07, 6.45) is 7.05. The maximum absolute atomic E-state index is 11.4. The molecule has 2 saturated heterocycles. The van der Waals surface area contributed by atoms with E-state index in [1.807, 2.05) is 0 Å². The van der Waals surface area contributed by atoms with Crippen LogP contribution in [0.2, 0.25) is 0 Å². The van der Waals surface area contributed by atoms with Crippen LogP contribution in [0.4, 0.5) is 0 Å². The number of hydrogen-bond acceptors (Lipinski definition) is 2. The van der Waals surface area contributed by atoms with Gasteiger partial charge in [0.25, 0.3) is 0 Å². The van der Waals surface area contributed by atoms with Crippen molar-refractivity contribution in [2.24, 2.45) is 17.3 Å². The summed E-state index contributed by atoms with van der Waals surface area (Å²) in [5, 5.41) is 9.37. The first kappa shape index (κ1) is 13.4.